The van der Waals surface area contributed by atoms with Gasteiger partial charge in [0.2, 0.25) is 5.78 Å². The van der Waals surface area contributed by atoms with Crippen molar-refractivity contribution in [2.45, 2.75) is 6.92 Å². The monoisotopic (exact) mass is 312 g/mol. The summed E-state index contributed by atoms with van der Waals surface area (Å²) >= 11 is 0. The number of benzene rings is 1. The van der Waals surface area contributed by atoms with Crippen LogP contribution in [0.25, 0.3) is 10.9 Å². The van der Waals surface area contributed by atoms with E-state index in [-0.39, 0.29) is 18.0 Å². The van der Waals surface area contributed by atoms with Gasteiger partial charge in [-0.15, -0.1) is 0 Å². The number of Topliss-reactive ketones (excluding diaryl/α,β-unsaturated/α-hetero) is 1. The lowest BCUT2D eigenvalue weighted by Gasteiger charge is -2.07. The highest BCUT2D eigenvalue weighted by Crippen LogP contribution is 2.18. The minimum Gasteiger partial charge on any atom is -0.454 e. The number of fused-ring (bicyclic) bond motifs is 1. The number of rotatable bonds is 4. The van der Waals surface area contributed by atoms with Crippen LogP contribution in [0.2, 0.25) is 0 Å². The first kappa shape index (κ1) is 14.9. The van der Waals surface area contributed by atoms with Gasteiger partial charge in [-0.1, -0.05) is 0 Å². The van der Waals surface area contributed by atoms with Crippen LogP contribution in [0.15, 0.2) is 42.6 Å². The SMILES string of the molecule is Cc1nc2cc(F)ccc2cc1C(=O)OCC(=O)c1ccc[nH]1. The zero-order valence-electron chi connectivity index (χ0n) is 12.3. The van der Waals surface area contributed by atoms with Crippen LogP contribution in [-0.2, 0) is 4.74 Å². The van der Waals surface area contributed by atoms with Crippen molar-refractivity contribution in [1.82, 2.24) is 9.97 Å². The molecule has 1 N–H and O–H groups in total. The van der Waals surface area contributed by atoms with Crippen molar-refractivity contribution in [3.8, 4) is 0 Å². The van der Waals surface area contributed by atoms with Gasteiger partial charge in [0.25, 0.3) is 0 Å². The number of aryl methyl sites for hydroxylation is 1. The molecular formula is C17H13FN2O3. The Labute approximate surface area is 131 Å². The average molecular weight is 312 g/mol. The average Bonchev–Trinajstić information content (AvgIpc) is 3.06. The largest absolute Gasteiger partial charge is 0.454 e. The molecule has 0 radical (unpaired) electrons. The second kappa shape index (κ2) is 6.00. The Kier molecular flexibility index (Phi) is 3.89. The van der Waals surface area contributed by atoms with Crippen molar-refractivity contribution in [2.24, 2.45) is 0 Å². The van der Waals surface area contributed by atoms with E-state index in [9.17, 15) is 14.0 Å². The number of ether oxygens (including phenoxy) is 1. The third-order valence-electron chi connectivity index (χ3n) is 3.42. The molecule has 0 saturated carbocycles. The molecule has 5 nitrogen and oxygen atoms in total. The van der Waals surface area contributed by atoms with Gasteiger partial charge < -0.3 is 9.72 Å². The van der Waals surface area contributed by atoms with E-state index in [0.29, 0.717) is 22.3 Å². The second-order valence-electron chi connectivity index (χ2n) is 5.04. The number of H-pyrrole nitrogens is 1. The molecule has 0 unspecified atom stereocenters. The van der Waals surface area contributed by atoms with Crippen LogP contribution in [0.5, 0.6) is 0 Å². The summed E-state index contributed by atoms with van der Waals surface area (Å²) in [7, 11) is 0. The van der Waals surface area contributed by atoms with E-state index in [2.05, 4.69) is 9.97 Å². The fourth-order valence-electron chi connectivity index (χ4n) is 2.23. The highest BCUT2D eigenvalue weighted by Gasteiger charge is 2.16. The molecule has 2 heterocycles. The molecule has 23 heavy (non-hydrogen) atoms. The molecule has 3 aromatic rings. The van der Waals surface area contributed by atoms with Gasteiger partial charge in [-0.3, -0.25) is 9.78 Å². The molecule has 0 aliphatic heterocycles. The summed E-state index contributed by atoms with van der Waals surface area (Å²) in [5.74, 6) is -1.35. The minimum atomic E-state index is -0.638. The van der Waals surface area contributed by atoms with E-state index in [1.807, 2.05) is 0 Å². The van der Waals surface area contributed by atoms with Crippen molar-refractivity contribution in [3.63, 3.8) is 0 Å². The van der Waals surface area contributed by atoms with Crippen LogP contribution >= 0.6 is 0 Å². The fourth-order valence-corrected chi connectivity index (χ4v) is 2.23. The summed E-state index contributed by atoms with van der Waals surface area (Å²) < 4.78 is 18.2. The number of ketones is 1. The Morgan fingerprint density at radius 1 is 1.26 bits per heavy atom. The summed E-state index contributed by atoms with van der Waals surface area (Å²) in [4.78, 5) is 30.9. The van der Waals surface area contributed by atoms with Crippen LogP contribution in [0.3, 0.4) is 0 Å². The molecule has 1 aromatic carbocycles. The number of aromatic amines is 1. The Balaban J connectivity index is 1.79. The molecule has 0 bridgehead atoms. The molecule has 3 rings (SSSR count). The van der Waals surface area contributed by atoms with Gasteiger partial charge >= 0.3 is 5.97 Å². The summed E-state index contributed by atoms with van der Waals surface area (Å²) in [5, 5.41) is 0.625. The van der Waals surface area contributed by atoms with Crippen LogP contribution < -0.4 is 0 Å². The molecule has 0 saturated heterocycles. The first-order valence-electron chi connectivity index (χ1n) is 6.95. The van der Waals surface area contributed by atoms with Gasteiger partial charge in [0.1, 0.15) is 5.82 Å². The molecule has 0 amide bonds. The number of hydrogen-bond acceptors (Lipinski definition) is 4. The fraction of sp³-hybridized carbons (Fsp3) is 0.118. The molecule has 0 atom stereocenters. The van der Waals surface area contributed by atoms with Gasteiger partial charge in [0.15, 0.2) is 6.61 Å². The minimum absolute atomic E-state index is 0.253. The van der Waals surface area contributed by atoms with Crippen LogP contribution in [-0.4, -0.2) is 28.3 Å². The van der Waals surface area contributed by atoms with Crippen molar-refractivity contribution in [1.29, 1.82) is 0 Å². The van der Waals surface area contributed by atoms with Crippen molar-refractivity contribution >= 4 is 22.7 Å². The van der Waals surface area contributed by atoms with Gasteiger partial charge in [-0.2, -0.15) is 0 Å². The van der Waals surface area contributed by atoms with Crippen LogP contribution in [0, 0.1) is 12.7 Å². The highest BCUT2D eigenvalue weighted by atomic mass is 19.1. The number of nitrogens with one attached hydrogen (secondary N) is 1. The number of carbonyl (C=O) groups excluding carboxylic acids is 2. The highest BCUT2D eigenvalue weighted by molar-refractivity contribution is 5.99. The predicted octanol–water partition coefficient (Wildman–Crippen LogP) is 3.05. The number of pyridine rings is 1. The number of esters is 1. The van der Waals surface area contributed by atoms with E-state index in [4.69, 9.17) is 4.74 Å². The molecule has 0 aliphatic carbocycles. The Bertz CT molecular complexity index is 888. The van der Waals surface area contributed by atoms with Crippen LogP contribution in [0.4, 0.5) is 4.39 Å². The molecule has 0 spiro atoms. The quantitative estimate of drug-likeness (QED) is 0.593. The maximum atomic E-state index is 13.2. The third-order valence-corrected chi connectivity index (χ3v) is 3.42. The first-order chi connectivity index (χ1) is 11.0. The lowest BCUT2D eigenvalue weighted by molar-refractivity contribution is 0.0472. The summed E-state index contributed by atoms with van der Waals surface area (Å²) in [6.07, 6.45) is 1.62. The molecule has 6 heteroatoms. The maximum Gasteiger partial charge on any atom is 0.340 e. The smallest absolute Gasteiger partial charge is 0.340 e. The first-order valence-corrected chi connectivity index (χ1v) is 6.95. The second-order valence-corrected chi connectivity index (χ2v) is 5.04. The van der Waals surface area contributed by atoms with E-state index < -0.39 is 11.8 Å². The summed E-state index contributed by atoms with van der Waals surface area (Å²) in [5.41, 5.74) is 1.51. The third kappa shape index (κ3) is 3.11. The lowest BCUT2D eigenvalue weighted by atomic mass is 10.1. The van der Waals surface area contributed by atoms with Gasteiger partial charge in [0.05, 0.1) is 22.5 Å². The summed E-state index contributed by atoms with van der Waals surface area (Å²) in [6, 6.07) is 9.01. The summed E-state index contributed by atoms with van der Waals surface area (Å²) in [6.45, 7) is 1.27. The standard InChI is InChI=1S/C17H13FN2O3/c1-10-13(7-11-4-5-12(18)8-15(11)20-10)17(22)23-9-16(21)14-3-2-6-19-14/h2-8,19H,9H2,1H3. The zero-order valence-corrected chi connectivity index (χ0v) is 12.3. The van der Waals surface area contributed by atoms with E-state index in [1.54, 1.807) is 31.3 Å². The van der Waals surface area contributed by atoms with Gasteiger partial charge in [-0.05, 0) is 37.3 Å². The molecular weight excluding hydrogens is 299 g/mol. The number of nitrogens with zero attached hydrogens (tertiary/aromatic N) is 1. The van der Waals surface area contributed by atoms with Crippen molar-refractivity contribution < 1.29 is 18.7 Å². The lowest BCUT2D eigenvalue weighted by Crippen LogP contribution is -2.15. The number of halogens is 1. The Hall–Kier alpha value is -3.02. The molecule has 116 valence electrons. The number of aromatic nitrogens is 2. The zero-order chi connectivity index (χ0) is 16.4. The topological polar surface area (TPSA) is 72.0 Å². The molecule has 2 aromatic heterocycles. The normalized spacial score (nSPS) is 10.7. The number of carbonyl (C=O) groups is 2. The van der Waals surface area contributed by atoms with E-state index in [1.165, 1.54) is 18.2 Å². The van der Waals surface area contributed by atoms with Gasteiger partial charge in [0, 0.05) is 17.6 Å². The van der Waals surface area contributed by atoms with Crippen LogP contribution in [0.1, 0.15) is 26.5 Å². The number of hydrogen-bond donors (Lipinski definition) is 1. The molecule has 0 aliphatic rings. The Morgan fingerprint density at radius 2 is 2.09 bits per heavy atom. The predicted molar refractivity (Wildman–Crippen MR) is 81.8 cm³/mol. The van der Waals surface area contributed by atoms with Crippen molar-refractivity contribution in [2.75, 3.05) is 6.61 Å². The van der Waals surface area contributed by atoms with E-state index >= 15 is 0 Å². The van der Waals surface area contributed by atoms with Gasteiger partial charge in [-0.25, -0.2) is 9.18 Å². The maximum absolute atomic E-state index is 13.2. The van der Waals surface area contributed by atoms with E-state index in [0.717, 1.165) is 0 Å². The molecule has 0 fully saturated rings. The van der Waals surface area contributed by atoms with Crippen molar-refractivity contribution in [3.05, 3.63) is 65.4 Å². The Morgan fingerprint density at radius 3 is 2.83 bits per heavy atom.